The van der Waals surface area contributed by atoms with Crippen molar-refractivity contribution in [2.75, 3.05) is 38.9 Å². The van der Waals surface area contributed by atoms with Gasteiger partial charge in [0.2, 0.25) is 0 Å². The Balaban J connectivity index is 2.38. The number of hydrazine groups is 1. The van der Waals surface area contributed by atoms with Crippen molar-refractivity contribution in [3.8, 4) is 0 Å². The third-order valence-electron chi connectivity index (χ3n) is 2.83. The molecule has 0 saturated carbocycles. The van der Waals surface area contributed by atoms with E-state index in [1.807, 2.05) is 6.92 Å². The number of nitrogens with two attached hydrogens (primary N) is 1. The number of amides is 1. The van der Waals surface area contributed by atoms with Gasteiger partial charge >= 0.3 is 0 Å². The number of hydrogen-bond acceptors (Lipinski definition) is 6. The van der Waals surface area contributed by atoms with E-state index in [4.69, 9.17) is 15.3 Å². The molecule has 0 unspecified atom stereocenters. The second-order valence-electron chi connectivity index (χ2n) is 4.44. The number of hydrogen-bond donors (Lipinski definition) is 3. The van der Waals surface area contributed by atoms with Crippen LogP contribution in [0.3, 0.4) is 0 Å². The minimum Gasteiger partial charge on any atom is -0.382 e. The summed E-state index contributed by atoms with van der Waals surface area (Å²) in [6, 6.07) is 3.40. The number of aryl methyl sites for hydroxylation is 1. The monoisotopic (exact) mass is 296 g/mol. The summed E-state index contributed by atoms with van der Waals surface area (Å²) in [6.45, 7) is 4.27. The maximum atomic E-state index is 12.0. The maximum Gasteiger partial charge on any atom is 0.251 e. The van der Waals surface area contributed by atoms with Crippen molar-refractivity contribution in [3.63, 3.8) is 0 Å². The number of rotatable bonds is 10. The highest BCUT2D eigenvalue weighted by molar-refractivity contribution is 5.94. The summed E-state index contributed by atoms with van der Waals surface area (Å²) in [5.41, 5.74) is 3.84. The van der Waals surface area contributed by atoms with Crippen molar-refractivity contribution < 1.29 is 14.3 Å². The fraction of sp³-hybridized carbons (Fsp3) is 0.571. The molecular formula is C14H24N4O3. The SMILES string of the molecule is CCc1cc(C(=O)NCCCOCCOC)cc(NN)n1. The predicted octanol–water partition coefficient (Wildman–Crippen LogP) is 0.713. The standard InChI is InChI=1S/C14H24N4O3/c1-3-12-9-11(10-13(17-12)18-15)14(19)16-5-4-6-21-8-7-20-2/h9-10H,3-8,15H2,1-2H3,(H,16,19)(H,17,18). The molecule has 0 saturated heterocycles. The highest BCUT2D eigenvalue weighted by atomic mass is 16.5. The van der Waals surface area contributed by atoms with Gasteiger partial charge in [0.1, 0.15) is 5.82 Å². The number of carbonyl (C=O) groups excluding carboxylic acids is 1. The lowest BCUT2D eigenvalue weighted by Gasteiger charge is -2.09. The summed E-state index contributed by atoms with van der Waals surface area (Å²) in [4.78, 5) is 16.3. The van der Waals surface area contributed by atoms with Gasteiger partial charge in [-0.05, 0) is 25.0 Å². The highest BCUT2D eigenvalue weighted by Crippen LogP contribution is 2.10. The normalized spacial score (nSPS) is 10.4. The first-order chi connectivity index (χ1) is 10.2. The number of nitrogens with zero attached hydrogens (tertiary/aromatic N) is 1. The molecule has 0 aliphatic rings. The van der Waals surface area contributed by atoms with Gasteiger partial charge in [-0.15, -0.1) is 0 Å². The number of nitrogens with one attached hydrogen (secondary N) is 2. The minimum absolute atomic E-state index is 0.138. The molecule has 7 heteroatoms. The Labute approximate surface area is 125 Å². The molecular weight excluding hydrogens is 272 g/mol. The molecule has 118 valence electrons. The van der Waals surface area contributed by atoms with E-state index in [1.165, 1.54) is 0 Å². The number of ether oxygens (including phenoxy) is 2. The molecule has 1 aromatic heterocycles. The molecule has 0 bridgehead atoms. The number of carbonyl (C=O) groups is 1. The molecule has 21 heavy (non-hydrogen) atoms. The molecule has 1 rings (SSSR count). The Morgan fingerprint density at radius 1 is 1.33 bits per heavy atom. The van der Waals surface area contributed by atoms with Crippen LogP contribution in [-0.2, 0) is 15.9 Å². The van der Waals surface area contributed by atoms with Crippen LogP contribution < -0.4 is 16.6 Å². The quantitative estimate of drug-likeness (QED) is 0.334. The Hall–Kier alpha value is -1.70. The Bertz CT molecular complexity index is 418. The van der Waals surface area contributed by atoms with E-state index in [9.17, 15) is 4.79 Å². The number of anilines is 1. The zero-order valence-corrected chi connectivity index (χ0v) is 12.6. The van der Waals surface area contributed by atoms with E-state index in [2.05, 4.69) is 15.7 Å². The van der Waals surface area contributed by atoms with E-state index in [-0.39, 0.29) is 5.91 Å². The van der Waals surface area contributed by atoms with E-state index in [0.717, 1.165) is 18.5 Å². The Morgan fingerprint density at radius 2 is 2.14 bits per heavy atom. The van der Waals surface area contributed by atoms with Crippen LogP contribution in [-0.4, -0.2) is 44.4 Å². The number of aromatic nitrogens is 1. The van der Waals surface area contributed by atoms with Gasteiger partial charge in [-0.2, -0.15) is 0 Å². The van der Waals surface area contributed by atoms with E-state index < -0.39 is 0 Å². The van der Waals surface area contributed by atoms with Crippen molar-refractivity contribution in [1.29, 1.82) is 0 Å². The molecule has 1 amide bonds. The Morgan fingerprint density at radius 3 is 2.81 bits per heavy atom. The molecule has 1 aromatic rings. The molecule has 7 nitrogen and oxygen atoms in total. The summed E-state index contributed by atoms with van der Waals surface area (Å²) >= 11 is 0. The van der Waals surface area contributed by atoms with Crippen molar-refractivity contribution in [3.05, 3.63) is 23.4 Å². The maximum absolute atomic E-state index is 12.0. The van der Waals surface area contributed by atoms with Crippen molar-refractivity contribution in [1.82, 2.24) is 10.3 Å². The smallest absolute Gasteiger partial charge is 0.251 e. The molecule has 0 radical (unpaired) electrons. The van der Waals surface area contributed by atoms with Crippen LogP contribution in [0.15, 0.2) is 12.1 Å². The van der Waals surface area contributed by atoms with Crippen LogP contribution in [0.2, 0.25) is 0 Å². The van der Waals surface area contributed by atoms with Gasteiger partial charge in [0.05, 0.1) is 13.2 Å². The van der Waals surface area contributed by atoms with Crippen LogP contribution in [0, 0.1) is 0 Å². The lowest BCUT2D eigenvalue weighted by molar-refractivity contribution is 0.0688. The first-order valence-electron chi connectivity index (χ1n) is 7.03. The van der Waals surface area contributed by atoms with Crippen molar-refractivity contribution >= 4 is 11.7 Å². The molecule has 4 N–H and O–H groups in total. The first kappa shape index (κ1) is 17.4. The van der Waals surface area contributed by atoms with Crippen LogP contribution in [0.5, 0.6) is 0 Å². The van der Waals surface area contributed by atoms with Crippen LogP contribution in [0.25, 0.3) is 0 Å². The highest BCUT2D eigenvalue weighted by Gasteiger charge is 2.08. The topological polar surface area (TPSA) is 98.5 Å². The third-order valence-corrected chi connectivity index (χ3v) is 2.83. The van der Waals surface area contributed by atoms with Gasteiger partial charge in [0.15, 0.2) is 0 Å². The average molecular weight is 296 g/mol. The van der Waals surface area contributed by atoms with E-state index in [1.54, 1.807) is 19.2 Å². The fourth-order valence-electron chi connectivity index (χ4n) is 1.70. The van der Waals surface area contributed by atoms with Crippen LogP contribution in [0.4, 0.5) is 5.82 Å². The van der Waals surface area contributed by atoms with E-state index >= 15 is 0 Å². The summed E-state index contributed by atoms with van der Waals surface area (Å²) in [5.74, 6) is 5.70. The third kappa shape index (κ3) is 6.52. The zero-order chi connectivity index (χ0) is 15.5. The van der Waals surface area contributed by atoms with Gasteiger partial charge in [-0.25, -0.2) is 10.8 Å². The van der Waals surface area contributed by atoms with Crippen LogP contribution >= 0.6 is 0 Å². The first-order valence-corrected chi connectivity index (χ1v) is 7.03. The number of pyridine rings is 1. The second kappa shape index (κ2) is 10.1. The minimum atomic E-state index is -0.138. The number of methoxy groups -OCH3 is 1. The lowest BCUT2D eigenvalue weighted by atomic mass is 10.2. The predicted molar refractivity (Wildman–Crippen MR) is 81.1 cm³/mol. The summed E-state index contributed by atoms with van der Waals surface area (Å²) in [7, 11) is 1.63. The summed E-state index contributed by atoms with van der Waals surface area (Å²) in [6.07, 6.45) is 1.49. The van der Waals surface area contributed by atoms with Gasteiger partial charge in [0, 0.05) is 31.5 Å². The molecule has 0 fully saturated rings. The van der Waals surface area contributed by atoms with Gasteiger partial charge in [-0.1, -0.05) is 6.92 Å². The van der Waals surface area contributed by atoms with E-state index in [0.29, 0.717) is 37.7 Å². The van der Waals surface area contributed by atoms with Gasteiger partial charge in [0.25, 0.3) is 5.91 Å². The van der Waals surface area contributed by atoms with Crippen molar-refractivity contribution in [2.45, 2.75) is 19.8 Å². The average Bonchev–Trinajstić information content (AvgIpc) is 2.53. The second-order valence-corrected chi connectivity index (χ2v) is 4.44. The zero-order valence-electron chi connectivity index (χ0n) is 12.6. The molecule has 0 atom stereocenters. The lowest BCUT2D eigenvalue weighted by Crippen LogP contribution is -2.26. The molecule has 0 aliphatic heterocycles. The molecule has 0 spiro atoms. The molecule has 1 heterocycles. The van der Waals surface area contributed by atoms with Gasteiger partial charge in [-0.3, -0.25) is 4.79 Å². The number of nitrogen functional groups attached to an aromatic ring is 1. The molecule has 0 aliphatic carbocycles. The molecule has 0 aromatic carbocycles. The summed E-state index contributed by atoms with van der Waals surface area (Å²) < 4.78 is 10.2. The van der Waals surface area contributed by atoms with Gasteiger partial charge < -0.3 is 20.2 Å². The summed E-state index contributed by atoms with van der Waals surface area (Å²) in [5, 5.41) is 2.85. The largest absolute Gasteiger partial charge is 0.382 e. The van der Waals surface area contributed by atoms with Crippen molar-refractivity contribution in [2.24, 2.45) is 5.84 Å². The Kier molecular flexibility index (Phi) is 8.34. The fourth-order valence-corrected chi connectivity index (χ4v) is 1.70. The van der Waals surface area contributed by atoms with Crippen LogP contribution in [0.1, 0.15) is 29.4 Å².